The van der Waals surface area contributed by atoms with Crippen LogP contribution < -0.4 is 0 Å². The van der Waals surface area contributed by atoms with E-state index >= 15 is 0 Å². The Morgan fingerprint density at radius 3 is 2.14 bits per heavy atom. The first-order valence-electron chi connectivity index (χ1n) is 15.4. The molecular weight excluding hydrogens is 541 g/mol. The van der Waals surface area contributed by atoms with Gasteiger partial charge < -0.3 is 18.8 Å². The first-order valence-corrected chi connectivity index (χ1v) is 15.4. The molecule has 1 aliphatic rings. The van der Waals surface area contributed by atoms with Crippen LogP contribution in [0.2, 0.25) is 0 Å². The van der Waals surface area contributed by atoms with Crippen LogP contribution in [0.5, 0.6) is 0 Å². The molecule has 43 heavy (non-hydrogen) atoms. The van der Waals surface area contributed by atoms with Gasteiger partial charge >= 0.3 is 5.97 Å². The van der Waals surface area contributed by atoms with E-state index in [1.54, 1.807) is 0 Å². The number of halogens is 1. The summed E-state index contributed by atoms with van der Waals surface area (Å²) in [5, 5.41) is 1.22. The van der Waals surface area contributed by atoms with E-state index in [1.165, 1.54) is 34.3 Å². The van der Waals surface area contributed by atoms with Gasteiger partial charge in [-0.2, -0.15) is 0 Å². The highest BCUT2D eigenvalue weighted by Gasteiger charge is 2.37. The van der Waals surface area contributed by atoms with Gasteiger partial charge in [0.1, 0.15) is 11.4 Å². The summed E-state index contributed by atoms with van der Waals surface area (Å²) >= 11 is 0. The maximum Gasteiger partial charge on any atom is 0.308 e. The van der Waals surface area contributed by atoms with E-state index in [0.29, 0.717) is 6.42 Å². The van der Waals surface area contributed by atoms with E-state index in [2.05, 4.69) is 66.9 Å². The predicted octanol–water partition coefficient (Wildman–Crippen LogP) is 9.27. The Morgan fingerprint density at radius 2 is 1.51 bits per heavy atom. The summed E-state index contributed by atoms with van der Waals surface area (Å²) in [4.78, 5) is 12.6. The van der Waals surface area contributed by atoms with E-state index in [1.807, 2.05) is 46.8 Å². The molecule has 1 fully saturated rings. The van der Waals surface area contributed by atoms with Crippen LogP contribution in [0.3, 0.4) is 0 Å². The van der Waals surface area contributed by atoms with Crippen LogP contribution in [0.4, 0.5) is 4.39 Å². The zero-order valence-corrected chi connectivity index (χ0v) is 26.4. The van der Waals surface area contributed by atoms with Crippen LogP contribution in [0, 0.1) is 5.82 Å². The molecule has 228 valence electrons. The summed E-state index contributed by atoms with van der Waals surface area (Å²) in [7, 11) is 0. The molecule has 0 unspecified atom stereocenters. The summed E-state index contributed by atoms with van der Waals surface area (Å²) in [5.41, 5.74) is 6.35. The maximum absolute atomic E-state index is 13.5. The fourth-order valence-corrected chi connectivity index (χ4v) is 6.33. The van der Waals surface area contributed by atoms with Crippen molar-refractivity contribution in [2.45, 2.75) is 104 Å². The molecule has 6 heteroatoms. The highest BCUT2D eigenvalue weighted by molar-refractivity contribution is 5.98. The van der Waals surface area contributed by atoms with E-state index in [-0.39, 0.29) is 36.5 Å². The summed E-state index contributed by atoms with van der Waals surface area (Å²) in [6.07, 6.45) is 2.11. The van der Waals surface area contributed by atoms with Crippen LogP contribution in [0.1, 0.15) is 79.5 Å². The minimum atomic E-state index is -0.792. The highest BCUT2D eigenvalue weighted by Crippen LogP contribution is 2.40. The lowest BCUT2D eigenvalue weighted by Crippen LogP contribution is -2.45. The summed E-state index contributed by atoms with van der Waals surface area (Å²) in [6.45, 7) is 13.9. The average molecular weight is 586 g/mol. The number of hydrogen-bond acceptors (Lipinski definition) is 4. The Labute approximate surface area is 255 Å². The van der Waals surface area contributed by atoms with Crippen LogP contribution in [-0.4, -0.2) is 34.1 Å². The van der Waals surface area contributed by atoms with Crippen molar-refractivity contribution in [3.8, 4) is 22.3 Å². The molecule has 0 saturated carbocycles. The minimum Gasteiger partial charge on any atom is -0.460 e. The normalized spacial score (nSPS) is 18.7. The van der Waals surface area contributed by atoms with Crippen molar-refractivity contribution >= 4 is 16.9 Å². The largest absolute Gasteiger partial charge is 0.460 e. The van der Waals surface area contributed by atoms with Crippen LogP contribution in [0.25, 0.3) is 33.2 Å². The zero-order chi connectivity index (χ0) is 30.9. The molecule has 0 N–H and O–H groups in total. The third kappa shape index (κ3) is 7.36. The standard InChI is InChI=1S/C37H44FNO4/c1-24(2)39-32-11-9-8-10-31(32)35(27-14-12-25(13-15-27)26-16-18-28(38)19-17-26)33(39)21-20-29-22-30(42-37(6,7)41-29)23-34(40)43-36(3,4)5/h8-19,24,29-30H,20-23H2,1-7H3/t29-,30-/m1/s1/i38+0. The number of nitrogens with zero attached hydrogens (tertiary/aromatic N) is 1. The van der Waals surface area contributed by atoms with Crippen LogP contribution in [-0.2, 0) is 25.4 Å². The van der Waals surface area contributed by atoms with Gasteiger partial charge in [-0.1, -0.05) is 54.6 Å². The number of carbonyl (C=O) groups is 1. The average Bonchev–Trinajstić information content (AvgIpc) is 3.25. The summed E-state index contributed by atoms with van der Waals surface area (Å²) < 4.78 is 34.1. The Hall–Kier alpha value is -3.48. The quantitative estimate of drug-likeness (QED) is 0.193. The highest BCUT2D eigenvalue weighted by atomic mass is 19.1. The van der Waals surface area contributed by atoms with Gasteiger partial charge in [-0.3, -0.25) is 4.79 Å². The van der Waals surface area contributed by atoms with E-state index in [0.717, 1.165) is 29.5 Å². The van der Waals surface area contributed by atoms with Crippen molar-refractivity contribution in [2.24, 2.45) is 0 Å². The van der Waals surface area contributed by atoms with Gasteiger partial charge in [0.2, 0.25) is 0 Å². The van der Waals surface area contributed by atoms with Gasteiger partial charge in [-0.25, -0.2) is 4.39 Å². The maximum atomic E-state index is 13.5. The number of aromatic nitrogens is 1. The fraction of sp³-hybridized carbons (Fsp3) is 0.432. The van der Waals surface area contributed by atoms with E-state index in [4.69, 9.17) is 14.2 Å². The SMILES string of the molecule is CC(C)n1c(CC[C@@H]2C[C@H](CC(=O)OC(C)(C)C)OC(C)(C)O2)c(-c2ccc(-c3ccc([19F])cc3)cc2)c2ccccc21. The summed E-state index contributed by atoms with van der Waals surface area (Å²) in [5.74, 6) is -1.28. The molecule has 2 heterocycles. The lowest BCUT2D eigenvalue weighted by Gasteiger charge is -2.41. The monoisotopic (exact) mass is 585 g/mol. The van der Waals surface area contributed by atoms with Crippen LogP contribution >= 0.6 is 0 Å². The van der Waals surface area contributed by atoms with Gasteiger partial charge in [0.25, 0.3) is 0 Å². The molecule has 0 amide bonds. The van der Waals surface area contributed by atoms with Crippen molar-refractivity contribution < 1.29 is 23.4 Å². The molecule has 0 spiro atoms. The number of esters is 1. The lowest BCUT2D eigenvalue weighted by molar-refractivity contribution is -0.300. The second kappa shape index (κ2) is 12.3. The third-order valence-corrected chi connectivity index (χ3v) is 7.82. The Balaban J connectivity index is 1.44. The van der Waals surface area contributed by atoms with Crippen molar-refractivity contribution in [3.05, 3.63) is 84.3 Å². The molecule has 0 bridgehead atoms. The number of rotatable bonds is 8. The van der Waals surface area contributed by atoms with E-state index < -0.39 is 11.4 Å². The second-order valence-electron chi connectivity index (χ2n) is 13.3. The van der Waals surface area contributed by atoms with Gasteiger partial charge in [0.15, 0.2) is 5.79 Å². The van der Waals surface area contributed by atoms with Gasteiger partial charge in [-0.15, -0.1) is 0 Å². The molecule has 1 aliphatic heterocycles. The Kier molecular flexibility index (Phi) is 8.82. The third-order valence-electron chi connectivity index (χ3n) is 7.82. The number of ether oxygens (including phenoxy) is 3. The van der Waals surface area contributed by atoms with E-state index in [9.17, 15) is 9.18 Å². The number of benzene rings is 3. The van der Waals surface area contributed by atoms with Crippen molar-refractivity contribution in [1.82, 2.24) is 4.57 Å². The molecule has 2 atom stereocenters. The number of para-hydroxylation sites is 1. The topological polar surface area (TPSA) is 49.7 Å². The molecular formula is C37H44FNO4. The molecule has 5 rings (SSSR count). The molecule has 1 aromatic heterocycles. The smallest absolute Gasteiger partial charge is 0.308 e. The van der Waals surface area contributed by atoms with Gasteiger partial charge in [0, 0.05) is 34.6 Å². The number of fused-ring (bicyclic) bond motifs is 1. The van der Waals surface area contributed by atoms with Crippen molar-refractivity contribution in [1.29, 1.82) is 0 Å². The molecule has 4 aromatic rings. The first kappa shape index (κ1) is 31.0. The van der Waals surface area contributed by atoms with Crippen molar-refractivity contribution in [2.75, 3.05) is 0 Å². The van der Waals surface area contributed by atoms with Gasteiger partial charge in [-0.05, 0) is 96.2 Å². The molecule has 0 radical (unpaired) electrons. The Morgan fingerprint density at radius 1 is 0.930 bits per heavy atom. The predicted molar refractivity (Wildman–Crippen MR) is 170 cm³/mol. The molecule has 1 saturated heterocycles. The summed E-state index contributed by atoms with van der Waals surface area (Å²) in [6, 6.07) is 24.0. The van der Waals surface area contributed by atoms with Crippen LogP contribution in [0.15, 0.2) is 72.8 Å². The zero-order valence-electron chi connectivity index (χ0n) is 26.4. The molecule has 3 aromatic carbocycles. The van der Waals surface area contributed by atoms with Crippen molar-refractivity contribution in [3.63, 3.8) is 0 Å². The molecule has 5 nitrogen and oxygen atoms in total. The minimum absolute atomic E-state index is 0.0662. The van der Waals surface area contributed by atoms with Gasteiger partial charge in [0.05, 0.1) is 18.6 Å². The second-order valence-corrected chi connectivity index (χ2v) is 13.3. The Bertz CT molecular complexity index is 1560. The molecule has 0 aliphatic carbocycles. The number of hydrogen-bond donors (Lipinski definition) is 0. The fourth-order valence-electron chi connectivity index (χ4n) is 6.33. The first-order chi connectivity index (χ1) is 20.3. The lowest BCUT2D eigenvalue weighted by atomic mass is 9.95. The number of carbonyl (C=O) groups excluding carboxylic acids is 1.